The summed E-state index contributed by atoms with van der Waals surface area (Å²) in [5, 5.41) is 0. The van der Waals surface area contributed by atoms with Crippen molar-refractivity contribution in [1.82, 2.24) is 0 Å². The second-order valence-corrected chi connectivity index (χ2v) is 9.06. The number of rotatable bonds is 3. The molecule has 1 aliphatic carbocycles. The molecule has 2 aliphatic rings. The fourth-order valence-electron chi connectivity index (χ4n) is 4.04. The van der Waals surface area contributed by atoms with Gasteiger partial charge in [0, 0.05) is 32.9 Å². The van der Waals surface area contributed by atoms with Crippen LogP contribution in [0.5, 0.6) is 0 Å². The van der Waals surface area contributed by atoms with Gasteiger partial charge in [-0.2, -0.15) is 0 Å². The van der Waals surface area contributed by atoms with Gasteiger partial charge in [0.2, 0.25) is 0 Å². The Morgan fingerprint density at radius 2 is 2.08 bits per heavy atom. The molecule has 0 N–H and O–H groups in total. The second-order valence-electron chi connectivity index (χ2n) is 7.82. The van der Waals surface area contributed by atoms with Crippen LogP contribution in [0.4, 0.5) is 0 Å². The number of benzene rings is 1. The number of hydrogen-bond acceptors (Lipinski definition) is 4. The zero-order valence-electron chi connectivity index (χ0n) is 15.6. The lowest BCUT2D eigenvalue weighted by Crippen LogP contribution is -2.39. The van der Waals surface area contributed by atoms with Gasteiger partial charge in [-0.25, -0.2) is 0 Å². The monoisotopic (exact) mass is 465 g/mol. The molecule has 0 saturated heterocycles. The summed E-state index contributed by atoms with van der Waals surface area (Å²) in [4.78, 5) is 30.5. The maximum atomic E-state index is 13.1. The van der Waals surface area contributed by atoms with Crippen molar-refractivity contribution in [2.45, 2.75) is 46.5 Å². The number of carbonyl (C=O) groups excluding carboxylic acids is 2. The van der Waals surface area contributed by atoms with E-state index in [1.807, 2.05) is 31.2 Å². The molecule has 1 aromatic carbocycles. The maximum Gasteiger partial charge on any atom is 0.315 e. The van der Waals surface area contributed by atoms with Crippen LogP contribution in [-0.2, 0) is 14.3 Å². The average Bonchev–Trinajstić information content (AvgIpc) is 2.52. The molecule has 0 fully saturated rings. The van der Waals surface area contributed by atoms with Gasteiger partial charge in [0.25, 0.3) is 0 Å². The van der Waals surface area contributed by atoms with Crippen LogP contribution in [0, 0.1) is 14.9 Å². The second kappa shape index (κ2) is 7.25. The highest BCUT2D eigenvalue weighted by atomic mass is 127. The van der Waals surface area contributed by atoms with Gasteiger partial charge in [-0.3, -0.25) is 14.6 Å². The molecular formula is C21H24INO3. The van der Waals surface area contributed by atoms with E-state index in [0.717, 1.165) is 27.0 Å². The highest BCUT2D eigenvalue weighted by molar-refractivity contribution is 14.1. The minimum atomic E-state index is -0.544. The number of hydrogen-bond donors (Lipinski definition) is 0. The van der Waals surface area contributed by atoms with Gasteiger partial charge < -0.3 is 4.74 Å². The van der Waals surface area contributed by atoms with Crippen molar-refractivity contribution in [1.29, 1.82) is 0 Å². The number of halogens is 1. The first-order chi connectivity index (χ1) is 12.2. The van der Waals surface area contributed by atoms with Crippen molar-refractivity contribution in [3.63, 3.8) is 0 Å². The van der Waals surface area contributed by atoms with Crippen LogP contribution in [0.2, 0.25) is 0 Å². The highest BCUT2D eigenvalue weighted by Crippen LogP contribution is 2.48. The third-order valence-corrected chi connectivity index (χ3v) is 5.72. The molecular weight excluding hydrogens is 441 g/mol. The van der Waals surface area contributed by atoms with Crippen LogP contribution < -0.4 is 0 Å². The van der Waals surface area contributed by atoms with E-state index in [0.29, 0.717) is 18.6 Å². The summed E-state index contributed by atoms with van der Waals surface area (Å²) in [6.07, 6.45) is 1.23. The Hall–Kier alpha value is -1.50. The van der Waals surface area contributed by atoms with Crippen molar-refractivity contribution in [3.8, 4) is 0 Å². The van der Waals surface area contributed by atoms with Crippen molar-refractivity contribution in [2.24, 2.45) is 16.3 Å². The molecule has 0 bridgehead atoms. The molecule has 0 saturated carbocycles. The largest absolute Gasteiger partial charge is 0.465 e. The van der Waals surface area contributed by atoms with E-state index in [9.17, 15) is 9.59 Å². The fourth-order valence-corrected chi connectivity index (χ4v) is 4.61. The number of Topliss-reactive ketones (excluding diaryl/α,β-unsaturated/α-hetero) is 1. The van der Waals surface area contributed by atoms with E-state index in [2.05, 4.69) is 36.4 Å². The van der Waals surface area contributed by atoms with Crippen LogP contribution in [0.3, 0.4) is 0 Å². The fraction of sp³-hybridized carbons (Fsp3) is 0.476. The topological polar surface area (TPSA) is 55.7 Å². The number of ketones is 1. The van der Waals surface area contributed by atoms with E-state index >= 15 is 0 Å². The minimum absolute atomic E-state index is 0.102. The van der Waals surface area contributed by atoms with Crippen molar-refractivity contribution in [2.75, 3.05) is 6.61 Å². The van der Waals surface area contributed by atoms with E-state index < -0.39 is 5.92 Å². The molecule has 0 spiro atoms. The molecule has 1 aromatic rings. The molecule has 138 valence electrons. The highest BCUT2D eigenvalue weighted by Gasteiger charge is 2.45. The van der Waals surface area contributed by atoms with Gasteiger partial charge in [0.05, 0.1) is 6.61 Å². The SMILES string of the molecule is CCOC(=O)C1C(C)=NC2=C(C(=O)CC(C)(C)C2)[C@H]1c1cccc(I)c1. The van der Waals surface area contributed by atoms with E-state index in [1.54, 1.807) is 6.92 Å². The van der Waals surface area contributed by atoms with Crippen LogP contribution >= 0.6 is 22.6 Å². The predicted molar refractivity (Wildman–Crippen MR) is 110 cm³/mol. The Morgan fingerprint density at radius 1 is 1.35 bits per heavy atom. The molecule has 26 heavy (non-hydrogen) atoms. The maximum absolute atomic E-state index is 13.1. The van der Waals surface area contributed by atoms with Crippen LogP contribution in [0.15, 0.2) is 40.5 Å². The Balaban J connectivity index is 2.18. The van der Waals surface area contributed by atoms with E-state index in [1.165, 1.54) is 0 Å². The number of aliphatic imine (C=N–C) groups is 1. The van der Waals surface area contributed by atoms with Crippen molar-refractivity contribution >= 4 is 40.1 Å². The van der Waals surface area contributed by atoms with Crippen LogP contribution in [0.25, 0.3) is 0 Å². The molecule has 0 aromatic heterocycles. The van der Waals surface area contributed by atoms with Gasteiger partial charge >= 0.3 is 5.97 Å². The van der Waals surface area contributed by atoms with E-state index in [4.69, 9.17) is 9.73 Å². The van der Waals surface area contributed by atoms with Gasteiger partial charge in [-0.15, -0.1) is 0 Å². The lowest BCUT2D eigenvalue weighted by molar-refractivity contribution is -0.146. The van der Waals surface area contributed by atoms with Crippen molar-refractivity contribution in [3.05, 3.63) is 44.7 Å². The summed E-state index contributed by atoms with van der Waals surface area (Å²) in [6, 6.07) is 8.02. The quantitative estimate of drug-likeness (QED) is 0.482. The summed E-state index contributed by atoms with van der Waals surface area (Å²) in [5.41, 5.74) is 3.15. The Labute approximate surface area is 168 Å². The standard InChI is InChI=1S/C21H24INO3/c1-5-26-20(25)17-12(2)23-15-10-21(3,4)11-16(24)19(15)18(17)13-7-6-8-14(22)9-13/h6-9,17-18H,5,10-11H2,1-4H3/t17?,18-/m0/s1. The van der Waals surface area contributed by atoms with Gasteiger partial charge in [0.15, 0.2) is 5.78 Å². The number of ether oxygens (including phenoxy) is 1. The first-order valence-corrected chi connectivity index (χ1v) is 10.0. The summed E-state index contributed by atoms with van der Waals surface area (Å²) < 4.78 is 6.41. The number of allylic oxidation sites excluding steroid dienone is 2. The van der Waals surface area contributed by atoms with Gasteiger partial charge in [0.1, 0.15) is 5.92 Å². The summed E-state index contributed by atoms with van der Waals surface area (Å²) >= 11 is 2.26. The summed E-state index contributed by atoms with van der Waals surface area (Å²) in [7, 11) is 0. The minimum Gasteiger partial charge on any atom is -0.465 e. The average molecular weight is 465 g/mol. The lowest BCUT2D eigenvalue weighted by atomic mass is 9.67. The molecule has 2 atom stereocenters. The molecule has 5 heteroatoms. The zero-order chi connectivity index (χ0) is 19.1. The van der Waals surface area contributed by atoms with E-state index in [-0.39, 0.29) is 23.1 Å². The Kier molecular flexibility index (Phi) is 5.37. The number of nitrogens with zero attached hydrogens (tertiary/aromatic N) is 1. The first-order valence-electron chi connectivity index (χ1n) is 8.97. The number of esters is 1. The molecule has 1 aliphatic heterocycles. The predicted octanol–water partition coefficient (Wildman–Crippen LogP) is 4.67. The molecule has 0 amide bonds. The van der Waals surface area contributed by atoms with Gasteiger partial charge in [-0.1, -0.05) is 26.0 Å². The van der Waals surface area contributed by atoms with Crippen molar-refractivity contribution < 1.29 is 14.3 Å². The molecule has 0 radical (unpaired) electrons. The third-order valence-electron chi connectivity index (χ3n) is 5.05. The smallest absolute Gasteiger partial charge is 0.315 e. The van der Waals surface area contributed by atoms with Crippen LogP contribution in [-0.4, -0.2) is 24.1 Å². The molecule has 1 unspecified atom stereocenters. The molecule has 3 rings (SSSR count). The summed E-state index contributed by atoms with van der Waals surface area (Å²) in [5.74, 6) is -1.07. The number of carbonyl (C=O) groups is 2. The zero-order valence-corrected chi connectivity index (χ0v) is 17.8. The third kappa shape index (κ3) is 3.63. The molecule has 4 nitrogen and oxygen atoms in total. The van der Waals surface area contributed by atoms with Gasteiger partial charge in [-0.05, 0) is 66.0 Å². The lowest BCUT2D eigenvalue weighted by Gasteiger charge is -2.39. The van der Waals surface area contributed by atoms with Crippen LogP contribution in [0.1, 0.15) is 52.0 Å². The summed E-state index contributed by atoms with van der Waals surface area (Å²) in [6.45, 7) is 8.18. The first kappa shape index (κ1) is 19.3. The Morgan fingerprint density at radius 3 is 2.73 bits per heavy atom. The Bertz CT molecular complexity index is 822. The normalized spacial score (nSPS) is 24.8. The molecule has 1 heterocycles.